The molecule has 0 bridgehead atoms. The predicted molar refractivity (Wildman–Crippen MR) is 98.9 cm³/mol. The van der Waals surface area contributed by atoms with E-state index in [1.54, 1.807) is 36.6 Å². The van der Waals surface area contributed by atoms with Gasteiger partial charge in [0.05, 0.1) is 5.75 Å². The summed E-state index contributed by atoms with van der Waals surface area (Å²) in [6.07, 6.45) is 0.446. The lowest BCUT2D eigenvalue weighted by molar-refractivity contribution is 0.174. The molecule has 0 saturated carbocycles. The Hall–Kier alpha value is -1.62. The highest BCUT2D eigenvalue weighted by Gasteiger charge is 2.32. The molecule has 7 nitrogen and oxygen atoms in total. The highest BCUT2D eigenvalue weighted by molar-refractivity contribution is 7.93. The molecule has 3 rings (SSSR count). The van der Waals surface area contributed by atoms with Crippen molar-refractivity contribution in [2.45, 2.75) is 22.8 Å². The standard InChI is InChI=1S/C16H19NO6S3/c1-2-8-25(18,19)17-10-15(26(20,21)16-4-3-7-24-16)12-5-6-13-14(9-12)23-11-22-13/h3-7,9,15,17H,2,8,10-11H2,1H3/t15-/m0/s1. The molecule has 142 valence electrons. The van der Waals surface area contributed by atoms with Crippen LogP contribution < -0.4 is 14.2 Å². The molecule has 0 radical (unpaired) electrons. The molecular formula is C16H19NO6S3. The van der Waals surface area contributed by atoms with Gasteiger partial charge in [-0.05, 0) is 35.6 Å². The summed E-state index contributed by atoms with van der Waals surface area (Å²) in [5.74, 6) is 0.929. The fourth-order valence-electron chi connectivity index (χ4n) is 2.63. The molecule has 1 aromatic carbocycles. The highest BCUT2D eigenvalue weighted by atomic mass is 32.2. The van der Waals surface area contributed by atoms with Crippen molar-refractivity contribution < 1.29 is 26.3 Å². The monoisotopic (exact) mass is 417 g/mol. The number of hydrogen-bond donors (Lipinski definition) is 1. The number of benzene rings is 1. The topological polar surface area (TPSA) is 98.8 Å². The molecule has 0 aliphatic carbocycles. The number of sulfone groups is 1. The Kier molecular flexibility index (Phi) is 5.56. The smallest absolute Gasteiger partial charge is 0.231 e. The third-order valence-corrected chi connectivity index (χ3v) is 8.96. The summed E-state index contributed by atoms with van der Waals surface area (Å²) >= 11 is 1.10. The first-order valence-electron chi connectivity index (χ1n) is 7.98. The first-order chi connectivity index (χ1) is 12.3. The predicted octanol–water partition coefficient (Wildman–Crippen LogP) is 2.32. The van der Waals surface area contributed by atoms with Crippen LogP contribution in [0.5, 0.6) is 11.5 Å². The van der Waals surface area contributed by atoms with Gasteiger partial charge in [0.1, 0.15) is 9.46 Å². The van der Waals surface area contributed by atoms with E-state index < -0.39 is 25.1 Å². The van der Waals surface area contributed by atoms with E-state index in [1.807, 2.05) is 0 Å². The largest absolute Gasteiger partial charge is 0.454 e. The number of thiophene rings is 1. The van der Waals surface area contributed by atoms with E-state index in [-0.39, 0.29) is 23.3 Å². The van der Waals surface area contributed by atoms with Gasteiger partial charge in [-0.1, -0.05) is 19.1 Å². The maximum atomic E-state index is 13.1. The number of rotatable bonds is 8. The van der Waals surface area contributed by atoms with Gasteiger partial charge in [0, 0.05) is 6.54 Å². The van der Waals surface area contributed by atoms with Crippen LogP contribution in [-0.4, -0.2) is 35.9 Å². The van der Waals surface area contributed by atoms with Crippen molar-refractivity contribution in [3.8, 4) is 11.5 Å². The van der Waals surface area contributed by atoms with Crippen LogP contribution in [0.3, 0.4) is 0 Å². The molecule has 1 aliphatic heterocycles. The average molecular weight is 418 g/mol. The van der Waals surface area contributed by atoms with E-state index in [9.17, 15) is 16.8 Å². The molecule has 26 heavy (non-hydrogen) atoms. The fraction of sp³-hybridized carbons (Fsp3) is 0.375. The minimum Gasteiger partial charge on any atom is -0.454 e. The van der Waals surface area contributed by atoms with Gasteiger partial charge >= 0.3 is 0 Å². The second kappa shape index (κ2) is 7.55. The number of nitrogens with one attached hydrogen (secondary N) is 1. The van der Waals surface area contributed by atoms with E-state index in [1.165, 1.54) is 6.07 Å². The van der Waals surface area contributed by atoms with Crippen molar-refractivity contribution in [3.05, 3.63) is 41.3 Å². The second-order valence-electron chi connectivity index (χ2n) is 5.75. The Morgan fingerprint density at radius 3 is 2.62 bits per heavy atom. The van der Waals surface area contributed by atoms with E-state index in [0.717, 1.165) is 11.3 Å². The molecule has 0 amide bonds. The summed E-state index contributed by atoms with van der Waals surface area (Å²) in [6.45, 7) is 1.57. The molecule has 0 saturated heterocycles. The van der Waals surface area contributed by atoms with Crippen LogP contribution in [0.25, 0.3) is 0 Å². The minimum atomic E-state index is -3.77. The molecule has 1 N–H and O–H groups in total. The van der Waals surface area contributed by atoms with Gasteiger partial charge in [-0.2, -0.15) is 0 Å². The van der Waals surface area contributed by atoms with Crippen molar-refractivity contribution in [1.82, 2.24) is 4.72 Å². The highest BCUT2D eigenvalue weighted by Crippen LogP contribution is 2.38. The molecule has 2 heterocycles. The maximum absolute atomic E-state index is 13.1. The first kappa shape index (κ1) is 19.2. The number of sulfonamides is 1. The lowest BCUT2D eigenvalue weighted by Crippen LogP contribution is -2.33. The zero-order valence-electron chi connectivity index (χ0n) is 14.0. The van der Waals surface area contributed by atoms with Crippen molar-refractivity contribution in [1.29, 1.82) is 0 Å². The Morgan fingerprint density at radius 2 is 1.92 bits per heavy atom. The second-order valence-corrected chi connectivity index (χ2v) is 11.0. The summed E-state index contributed by atoms with van der Waals surface area (Å²) in [7, 11) is -7.31. The normalized spacial score (nSPS) is 15.1. The summed E-state index contributed by atoms with van der Waals surface area (Å²) < 4.78 is 63.4. The first-order valence-corrected chi connectivity index (χ1v) is 12.1. The van der Waals surface area contributed by atoms with Crippen molar-refractivity contribution in [2.75, 3.05) is 19.1 Å². The van der Waals surface area contributed by atoms with Crippen molar-refractivity contribution in [2.24, 2.45) is 0 Å². The third-order valence-electron chi connectivity index (χ3n) is 3.88. The van der Waals surface area contributed by atoms with E-state index in [2.05, 4.69) is 4.72 Å². The molecule has 1 aromatic heterocycles. The average Bonchev–Trinajstić information content (AvgIpc) is 3.26. The number of hydrogen-bond acceptors (Lipinski definition) is 7. The maximum Gasteiger partial charge on any atom is 0.231 e. The molecule has 1 atom stereocenters. The van der Waals surface area contributed by atoms with Gasteiger partial charge in [-0.15, -0.1) is 11.3 Å². The van der Waals surface area contributed by atoms with Gasteiger partial charge in [-0.3, -0.25) is 0 Å². The van der Waals surface area contributed by atoms with Gasteiger partial charge in [-0.25, -0.2) is 21.6 Å². The lowest BCUT2D eigenvalue weighted by atomic mass is 10.1. The number of fused-ring (bicyclic) bond motifs is 1. The summed E-state index contributed by atoms with van der Waals surface area (Å²) in [5, 5.41) is 0.604. The Bertz CT molecular complexity index is 967. The van der Waals surface area contributed by atoms with Gasteiger partial charge in [0.25, 0.3) is 0 Å². The van der Waals surface area contributed by atoms with E-state index in [4.69, 9.17) is 9.47 Å². The zero-order chi connectivity index (χ0) is 18.8. The molecule has 0 spiro atoms. The van der Waals surface area contributed by atoms with E-state index in [0.29, 0.717) is 23.5 Å². The van der Waals surface area contributed by atoms with Crippen LogP contribution in [0.4, 0.5) is 0 Å². The molecule has 10 heteroatoms. The van der Waals surface area contributed by atoms with Crippen LogP contribution >= 0.6 is 11.3 Å². The minimum absolute atomic E-state index is 0.0556. The molecule has 0 unspecified atom stereocenters. The van der Waals surface area contributed by atoms with Crippen LogP contribution in [0.1, 0.15) is 24.2 Å². The lowest BCUT2D eigenvalue weighted by Gasteiger charge is -2.18. The van der Waals surface area contributed by atoms with Crippen molar-refractivity contribution in [3.63, 3.8) is 0 Å². The Labute approximate surface area is 156 Å². The van der Waals surface area contributed by atoms with Gasteiger partial charge < -0.3 is 9.47 Å². The zero-order valence-corrected chi connectivity index (χ0v) is 16.5. The van der Waals surface area contributed by atoms with Crippen molar-refractivity contribution >= 4 is 31.2 Å². The summed E-state index contributed by atoms with van der Waals surface area (Å²) in [5.41, 5.74) is 0.446. The summed E-state index contributed by atoms with van der Waals surface area (Å²) in [4.78, 5) is 0. The van der Waals surface area contributed by atoms with Gasteiger partial charge in [0.2, 0.25) is 16.8 Å². The molecule has 1 aliphatic rings. The Morgan fingerprint density at radius 1 is 1.15 bits per heavy atom. The fourth-order valence-corrected chi connectivity index (χ4v) is 6.69. The van der Waals surface area contributed by atoms with Crippen LogP contribution in [0.2, 0.25) is 0 Å². The molecular weight excluding hydrogens is 398 g/mol. The van der Waals surface area contributed by atoms with Crippen LogP contribution in [0, 0.1) is 0 Å². The van der Waals surface area contributed by atoms with E-state index >= 15 is 0 Å². The van der Waals surface area contributed by atoms with Crippen LogP contribution in [-0.2, 0) is 19.9 Å². The number of ether oxygens (including phenoxy) is 2. The molecule has 2 aromatic rings. The van der Waals surface area contributed by atoms with Crippen LogP contribution in [0.15, 0.2) is 39.9 Å². The molecule has 0 fully saturated rings. The summed E-state index contributed by atoms with van der Waals surface area (Å²) in [6, 6.07) is 8.01. The SMILES string of the molecule is CCCS(=O)(=O)NC[C@@H](c1ccc2c(c1)OCO2)S(=O)(=O)c1cccs1. The van der Waals surface area contributed by atoms with Gasteiger partial charge in [0.15, 0.2) is 21.3 Å². The quantitative estimate of drug-likeness (QED) is 0.708. The Balaban J connectivity index is 1.97. The third kappa shape index (κ3) is 4.03.